The number of nitrogens with two attached hydrogens (primary N) is 1. The SMILES string of the molecule is CCN(c1ccc(CN)c(F)c1)c1ccccc1C. The van der Waals surface area contributed by atoms with Gasteiger partial charge in [0.25, 0.3) is 0 Å². The molecule has 0 fully saturated rings. The van der Waals surface area contributed by atoms with Gasteiger partial charge in [0.1, 0.15) is 5.82 Å². The highest BCUT2D eigenvalue weighted by molar-refractivity contribution is 5.66. The van der Waals surface area contributed by atoms with Gasteiger partial charge < -0.3 is 10.6 Å². The Morgan fingerprint density at radius 1 is 1.16 bits per heavy atom. The second-order valence-electron chi connectivity index (χ2n) is 4.51. The number of para-hydroxylation sites is 1. The Kier molecular flexibility index (Phi) is 4.17. The van der Waals surface area contributed by atoms with Crippen LogP contribution in [-0.2, 0) is 6.54 Å². The summed E-state index contributed by atoms with van der Waals surface area (Å²) >= 11 is 0. The van der Waals surface area contributed by atoms with Crippen molar-refractivity contribution in [1.82, 2.24) is 0 Å². The standard InChI is InChI=1S/C16H19FN2/c1-3-19(16-7-5-4-6-12(16)2)14-9-8-13(11-18)15(17)10-14/h4-10H,3,11,18H2,1-2H3. The molecular formula is C16H19FN2. The summed E-state index contributed by atoms with van der Waals surface area (Å²) < 4.78 is 13.9. The van der Waals surface area contributed by atoms with Crippen molar-refractivity contribution in [2.75, 3.05) is 11.4 Å². The van der Waals surface area contributed by atoms with E-state index < -0.39 is 0 Å². The zero-order chi connectivity index (χ0) is 13.8. The number of hydrogen-bond donors (Lipinski definition) is 1. The van der Waals surface area contributed by atoms with Crippen LogP contribution < -0.4 is 10.6 Å². The highest BCUT2D eigenvalue weighted by Gasteiger charge is 2.11. The van der Waals surface area contributed by atoms with E-state index in [1.54, 1.807) is 12.1 Å². The molecule has 0 atom stereocenters. The summed E-state index contributed by atoms with van der Waals surface area (Å²) in [6.07, 6.45) is 0. The summed E-state index contributed by atoms with van der Waals surface area (Å²) in [6, 6.07) is 13.3. The molecule has 0 bridgehead atoms. The van der Waals surface area contributed by atoms with E-state index in [-0.39, 0.29) is 12.4 Å². The molecule has 0 aliphatic carbocycles. The molecule has 0 unspecified atom stereocenters. The third-order valence-electron chi connectivity index (χ3n) is 3.29. The third-order valence-corrected chi connectivity index (χ3v) is 3.29. The van der Waals surface area contributed by atoms with Gasteiger partial charge in [-0.3, -0.25) is 0 Å². The van der Waals surface area contributed by atoms with Crippen LogP contribution in [-0.4, -0.2) is 6.54 Å². The Bertz CT molecular complexity index is 566. The van der Waals surface area contributed by atoms with E-state index in [2.05, 4.69) is 24.8 Å². The number of halogens is 1. The number of anilines is 2. The van der Waals surface area contributed by atoms with Crippen LogP contribution >= 0.6 is 0 Å². The molecule has 0 saturated heterocycles. The van der Waals surface area contributed by atoms with E-state index in [1.165, 1.54) is 5.56 Å². The number of benzene rings is 2. The minimum atomic E-state index is -0.243. The van der Waals surface area contributed by atoms with Crippen molar-refractivity contribution in [2.24, 2.45) is 5.73 Å². The molecule has 0 saturated carbocycles. The number of hydrogen-bond acceptors (Lipinski definition) is 2. The summed E-state index contributed by atoms with van der Waals surface area (Å²) in [5, 5.41) is 0. The van der Waals surface area contributed by atoms with Crippen molar-refractivity contribution < 1.29 is 4.39 Å². The lowest BCUT2D eigenvalue weighted by Crippen LogP contribution is -2.17. The van der Waals surface area contributed by atoms with Crippen molar-refractivity contribution in [1.29, 1.82) is 0 Å². The second-order valence-corrected chi connectivity index (χ2v) is 4.51. The van der Waals surface area contributed by atoms with E-state index >= 15 is 0 Å². The molecule has 2 aromatic rings. The highest BCUT2D eigenvalue weighted by atomic mass is 19.1. The van der Waals surface area contributed by atoms with Crippen LogP contribution in [0.3, 0.4) is 0 Å². The minimum Gasteiger partial charge on any atom is -0.341 e. The molecule has 0 aromatic heterocycles. The van der Waals surface area contributed by atoms with E-state index in [0.29, 0.717) is 5.56 Å². The van der Waals surface area contributed by atoms with Crippen molar-refractivity contribution in [3.05, 3.63) is 59.4 Å². The maximum absolute atomic E-state index is 13.9. The summed E-state index contributed by atoms with van der Waals surface area (Å²) in [7, 11) is 0. The molecular weight excluding hydrogens is 239 g/mol. The van der Waals surface area contributed by atoms with Gasteiger partial charge in [-0.05, 0) is 37.6 Å². The Hall–Kier alpha value is -1.87. The fourth-order valence-corrected chi connectivity index (χ4v) is 2.23. The van der Waals surface area contributed by atoms with Gasteiger partial charge in [0.15, 0.2) is 0 Å². The fourth-order valence-electron chi connectivity index (χ4n) is 2.23. The topological polar surface area (TPSA) is 29.3 Å². The molecule has 19 heavy (non-hydrogen) atoms. The normalized spacial score (nSPS) is 10.5. The predicted molar refractivity (Wildman–Crippen MR) is 78.2 cm³/mol. The molecule has 0 amide bonds. The summed E-state index contributed by atoms with van der Waals surface area (Å²) in [5.41, 5.74) is 9.17. The molecule has 2 nitrogen and oxygen atoms in total. The summed E-state index contributed by atoms with van der Waals surface area (Å²) in [4.78, 5) is 2.10. The molecule has 3 heteroatoms. The van der Waals surface area contributed by atoms with Gasteiger partial charge in [-0.15, -0.1) is 0 Å². The lowest BCUT2D eigenvalue weighted by Gasteiger charge is -2.25. The van der Waals surface area contributed by atoms with Crippen LogP contribution in [0.15, 0.2) is 42.5 Å². The maximum atomic E-state index is 13.9. The molecule has 0 spiro atoms. The molecule has 2 N–H and O–H groups in total. The molecule has 2 aromatic carbocycles. The van der Waals surface area contributed by atoms with Gasteiger partial charge in [0.05, 0.1) is 0 Å². The number of aryl methyl sites for hydroxylation is 1. The molecule has 2 rings (SSSR count). The van der Waals surface area contributed by atoms with Crippen molar-refractivity contribution >= 4 is 11.4 Å². The van der Waals surface area contributed by atoms with Gasteiger partial charge in [-0.25, -0.2) is 4.39 Å². The van der Waals surface area contributed by atoms with Crippen LogP contribution in [0.5, 0.6) is 0 Å². The van der Waals surface area contributed by atoms with Crippen LogP contribution in [0.25, 0.3) is 0 Å². The first-order chi connectivity index (χ1) is 9.17. The Balaban J connectivity index is 2.43. The Morgan fingerprint density at radius 3 is 2.47 bits per heavy atom. The van der Waals surface area contributed by atoms with E-state index in [1.807, 2.05) is 24.3 Å². The van der Waals surface area contributed by atoms with Crippen LogP contribution in [0.4, 0.5) is 15.8 Å². The summed E-state index contributed by atoms with van der Waals surface area (Å²) in [6.45, 7) is 5.12. The molecule has 100 valence electrons. The van der Waals surface area contributed by atoms with Crippen LogP contribution in [0.1, 0.15) is 18.1 Å². The average Bonchev–Trinajstić information content (AvgIpc) is 2.42. The fraction of sp³-hybridized carbons (Fsp3) is 0.250. The van der Waals surface area contributed by atoms with Crippen molar-refractivity contribution in [3.8, 4) is 0 Å². The molecule has 0 aliphatic heterocycles. The van der Waals surface area contributed by atoms with Gasteiger partial charge in [0.2, 0.25) is 0 Å². The summed E-state index contributed by atoms with van der Waals surface area (Å²) in [5.74, 6) is -0.243. The third kappa shape index (κ3) is 2.76. The zero-order valence-corrected chi connectivity index (χ0v) is 11.4. The number of nitrogens with zero attached hydrogens (tertiary/aromatic N) is 1. The lowest BCUT2D eigenvalue weighted by molar-refractivity contribution is 0.610. The monoisotopic (exact) mass is 258 g/mol. The van der Waals surface area contributed by atoms with E-state index in [4.69, 9.17) is 5.73 Å². The van der Waals surface area contributed by atoms with Crippen LogP contribution in [0.2, 0.25) is 0 Å². The highest BCUT2D eigenvalue weighted by Crippen LogP contribution is 2.29. The van der Waals surface area contributed by atoms with Crippen molar-refractivity contribution in [3.63, 3.8) is 0 Å². The van der Waals surface area contributed by atoms with E-state index in [0.717, 1.165) is 17.9 Å². The lowest BCUT2D eigenvalue weighted by atomic mass is 10.1. The maximum Gasteiger partial charge on any atom is 0.129 e. The van der Waals surface area contributed by atoms with E-state index in [9.17, 15) is 4.39 Å². The van der Waals surface area contributed by atoms with Gasteiger partial charge in [-0.1, -0.05) is 24.3 Å². The first-order valence-corrected chi connectivity index (χ1v) is 6.49. The molecule has 0 heterocycles. The average molecular weight is 258 g/mol. The van der Waals surface area contributed by atoms with Crippen LogP contribution in [0, 0.1) is 12.7 Å². The van der Waals surface area contributed by atoms with Crippen molar-refractivity contribution in [2.45, 2.75) is 20.4 Å². The quantitative estimate of drug-likeness (QED) is 0.905. The number of rotatable bonds is 4. The Morgan fingerprint density at radius 2 is 1.89 bits per heavy atom. The van der Waals surface area contributed by atoms with Gasteiger partial charge in [0, 0.05) is 30.0 Å². The smallest absolute Gasteiger partial charge is 0.129 e. The molecule has 0 radical (unpaired) electrons. The van der Waals surface area contributed by atoms with Gasteiger partial charge >= 0.3 is 0 Å². The largest absolute Gasteiger partial charge is 0.341 e. The second kappa shape index (κ2) is 5.85. The zero-order valence-electron chi connectivity index (χ0n) is 11.4. The minimum absolute atomic E-state index is 0.225. The first kappa shape index (κ1) is 13.6. The predicted octanol–water partition coefficient (Wildman–Crippen LogP) is 3.75. The van der Waals surface area contributed by atoms with Gasteiger partial charge in [-0.2, -0.15) is 0 Å². The molecule has 0 aliphatic rings. The first-order valence-electron chi connectivity index (χ1n) is 6.49. The Labute approximate surface area is 113 Å².